The van der Waals surface area contributed by atoms with Crippen LogP contribution in [0, 0.1) is 5.41 Å². The van der Waals surface area contributed by atoms with E-state index in [-0.39, 0.29) is 18.4 Å². The zero-order chi connectivity index (χ0) is 18.5. The zero-order valence-electron chi connectivity index (χ0n) is 14.8. The molecule has 2 aliphatic heterocycles. The summed E-state index contributed by atoms with van der Waals surface area (Å²) in [6.07, 6.45) is 3.87. The summed E-state index contributed by atoms with van der Waals surface area (Å²) >= 11 is 0. The lowest BCUT2D eigenvalue weighted by molar-refractivity contribution is -0.153. The molecule has 1 saturated carbocycles. The van der Waals surface area contributed by atoms with E-state index < -0.39 is 11.8 Å². The molecule has 3 aliphatic rings. The molecule has 3 heterocycles. The number of nitrogens with one attached hydrogen (secondary N) is 1. The lowest BCUT2D eigenvalue weighted by Crippen LogP contribution is -2.61. The summed E-state index contributed by atoms with van der Waals surface area (Å²) in [6.45, 7) is 2.14. The number of hydrogen-bond acceptors (Lipinski definition) is 5. The molecule has 142 valence electrons. The lowest BCUT2D eigenvalue weighted by Gasteiger charge is -2.57. The van der Waals surface area contributed by atoms with E-state index in [1.54, 1.807) is 23.5 Å². The third-order valence-corrected chi connectivity index (χ3v) is 6.04. The summed E-state index contributed by atoms with van der Waals surface area (Å²) < 4.78 is 27.9. The van der Waals surface area contributed by atoms with Crippen LogP contribution in [0.4, 0.5) is 8.78 Å². The Balaban J connectivity index is 1.41. The molecule has 0 atom stereocenters. The quantitative estimate of drug-likeness (QED) is 0.616. The van der Waals surface area contributed by atoms with E-state index in [2.05, 4.69) is 9.88 Å². The van der Waals surface area contributed by atoms with E-state index in [4.69, 9.17) is 5.21 Å². The number of nitrogens with zero attached hydrogens (tertiary/aromatic N) is 3. The second kappa shape index (κ2) is 6.21. The second-order valence-corrected chi connectivity index (χ2v) is 8.26. The Hall–Kier alpha value is -1.64. The van der Waals surface area contributed by atoms with E-state index in [9.17, 15) is 13.6 Å². The molecular formula is C18H24F2N4O2. The number of rotatable bonds is 2. The predicted octanol–water partition coefficient (Wildman–Crippen LogP) is 1.68. The third-order valence-electron chi connectivity index (χ3n) is 6.04. The van der Waals surface area contributed by atoms with Gasteiger partial charge < -0.3 is 4.90 Å². The first kappa shape index (κ1) is 17.8. The summed E-state index contributed by atoms with van der Waals surface area (Å²) in [6, 6.07) is 2.09. The van der Waals surface area contributed by atoms with Crippen LogP contribution >= 0.6 is 0 Å². The number of halogens is 2. The molecule has 0 radical (unpaired) electrons. The summed E-state index contributed by atoms with van der Waals surface area (Å²) in [5, 5.41) is 8.73. The second-order valence-electron chi connectivity index (χ2n) is 8.26. The SMILES string of the molecule is CN1CC(F)(F)CC2(CC(N3CCc4cc(C(=O)NO)cnc4C3)C2)C1. The van der Waals surface area contributed by atoms with E-state index in [1.165, 1.54) is 6.20 Å². The Morgan fingerprint density at radius 3 is 2.85 bits per heavy atom. The Kier molecular flexibility index (Phi) is 4.24. The van der Waals surface area contributed by atoms with Crippen molar-refractivity contribution in [1.82, 2.24) is 20.3 Å². The van der Waals surface area contributed by atoms with Crippen LogP contribution in [0.15, 0.2) is 12.3 Å². The van der Waals surface area contributed by atoms with Crippen molar-refractivity contribution in [1.29, 1.82) is 0 Å². The molecule has 1 aromatic rings. The van der Waals surface area contributed by atoms with Crippen molar-refractivity contribution in [2.24, 2.45) is 5.41 Å². The van der Waals surface area contributed by atoms with Gasteiger partial charge in [-0.3, -0.25) is 19.9 Å². The molecule has 0 aromatic carbocycles. The highest BCUT2D eigenvalue weighted by Gasteiger charge is 2.55. The average Bonchev–Trinajstić information content (AvgIpc) is 2.56. The van der Waals surface area contributed by atoms with Gasteiger partial charge in [0, 0.05) is 38.3 Å². The number of hydrogen-bond donors (Lipinski definition) is 2. The summed E-state index contributed by atoms with van der Waals surface area (Å²) in [7, 11) is 1.78. The van der Waals surface area contributed by atoms with Crippen molar-refractivity contribution in [2.75, 3.05) is 26.7 Å². The van der Waals surface area contributed by atoms with Crippen LogP contribution in [0.2, 0.25) is 0 Å². The zero-order valence-corrected chi connectivity index (χ0v) is 14.8. The standard InChI is InChI=1S/C18H24F2N4O2/c1-23-10-17(9-18(19,20)11-23)5-14(6-17)24-3-2-12-4-13(16(25)22-26)7-21-15(12)8-24/h4,7,14,26H,2-3,5-6,8-11H2,1H3,(H,22,25). The number of alkyl halides is 2. The molecule has 1 aliphatic carbocycles. The summed E-state index contributed by atoms with van der Waals surface area (Å²) in [5.41, 5.74) is 3.65. The van der Waals surface area contributed by atoms with Gasteiger partial charge in [0.05, 0.1) is 17.8 Å². The van der Waals surface area contributed by atoms with Gasteiger partial charge in [0.1, 0.15) is 0 Å². The van der Waals surface area contributed by atoms with Gasteiger partial charge >= 0.3 is 0 Å². The Bertz CT molecular complexity index is 721. The first-order valence-electron chi connectivity index (χ1n) is 9.02. The van der Waals surface area contributed by atoms with Crippen molar-refractivity contribution in [3.8, 4) is 0 Å². The highest BCUT2D eigenvalue weighted by atomic mass is 19.3. The predicted molar refractivity (Wildman–Crippen MR) is 90.1 cm³/mol. The van der Waals surface area contributed by atoms with Crippen LogP contribution in [0.5, 0.6) is 0 Å². The number of piperidine rings is 1. The molecule has 6 nitrogen and oxygen atoms in total. The number of fused-ring (bicyclic) bond motifs is 1. The van der Waals surface area contributed by atoms with Crippen LogP contribution in [0.25, 0.3) is 0 Å². The summed E-state index contributed by atoms with van der Waals surface area (Å²) in [4.78, 5) is 20.0. The van der Waals surface area contributed by atoms with Gasteiger partial charge in [-0.25, -0.2) is 14.3 Å². The Labute approximate surface area is 151 Å². The largest absolute Gasteiger partial charge is 0.300 e. The first-order chi connectivity index (χ1) is 12.3. The van der Waals surface area contributed by atoms with Gasteiger partial charge in [0.25, 0.3) is 11.8 Å². The van der Waals surface area contributed by atoms with Crippen molar-refractivity contribution in [2.45, 2.75) is 44.2 Å². The minimum absolute atomic E-state index is 0.00312. The van der Waals surface area contributed by atoms with Gasteiger partial charge in [-0.15, -0.1) is 0 Å². The number of pyridine rings is 1. The number of amides is 1. The van der Waals surface area contributed by atoms with Gasteiger partial charge in [0.15, 0.2) is 0 Å². The molecule has 8 heteroatoms. The average molecular weight is 366 g/mol. The van der Waals surface area contributed by atoms with Crippen molar-refractivity contribution < 1.29 is 18.8 Å². The molecule has 1 spiro atoms. The van der Waals surface area contributed by atoms with Gasteiger partial charge in [-0.05, 0) is 43.4 Å². The number of hydroxylamine groups is 1. The molecular weight excluding hydrogens is 342 g/mol. The van der Waals surface area contributed by atoms with Crippen LogP contribution in [-0.4, -0.2) is 64.5 Å². The molecule has 26 heavy (non-hydrogen) atoms. The molecule has 1 saturated heterocycles. The van der Waals surface area contributed by atoms with Crippen LogP contribution in [0.3, 0.4) is 0 Å². The van der Waals surface area contributed by atoms with Crippen LogP contribution in [0.1, 0.15) is 40.9 Å². The maximum atomic E-state index is 14.0. The highest BCUT2D eigenvalue weighted by Crippen LogP contribution is 2.53. The molecule has 2 fully saturated rings. The van der Waals surface area contributed by atoms with E-state index in [0.29, 0.717) is 18.2 Å². The number of carbonyl (C=O) groups excluding carboxylic acids is 1. The fourth-order valence-electron chi connectivity index (χ4n) is 5.09. The fourth-order valence-corrected chi connectivity index (χ4v) is 5.09. The van der Waals surface area contributed by atoms with Gasteiger partial charge in [-0.1, -0.05) is 0 Å². The third kappa shape index (κ3) is 3.21. The van der Waals surface area contributed by atoms with Gasteiger partial charge in [-0.2, -0.15) is 0 Å². The molecule has 0 unspecified atom stereocenters. The van der Waals surface area contributed by atoms with Crippen molar-refractivity contribution >= 4 is 5.91 Å². The molecule has 4 rings (SSSR count). The fraction of sp³-hybridized carbons (Fsp3) is 0.667. The number of likely N-dealkylation sites (tertiary alicyclic amines) is 1. The maximum Gasteiger partial charge on any atom is 0.276 e. The van der Waals surface area contributed by atoms with Crippen LogP contribution < -0.4 is 5.48 Å². The molecule has 2 N–H and O–H groups in total. The van der Waals surface area contributed by atoms with Gasteiger partial charge in [0.2, 0.25) is 0 Å². The topological polar surface area (TPSA) is 68.7 Å². The Morgan fingerprint density at radius 2 is 2.15 bits per heavy atom. The van der Waals surface area contributed by atoms with E-state index in [1.807, 2.05) is 0 Å². The molecule has 0 bridgehead atoms. The molecule has 1 amide bonds. The minimum atomic E-state index is -2.59. The lowest BCUT2D eigenvalue weighted by atomic mass is 9.60. The van der Waals surface area contributed by atoms with Crippen molar-refractivity contribution in [3.63, 3.8) is 0 Å². The number of aromatic nitrogens is 1. The monoisotopic (exact) mass is 366 g/mol. The highest BCUT2D eigenvalue weighted by molar-refractivity contribution is 5.93. The molecule has 1 aromatic heterocycles. The maximum absolute atomic E-state index is 14.0. The Morgan fingerprint density at radius 1 is 1.38 bits per heavy atom. The summed E-state index contributed by atoms with van der Waals surface area (Å²) in [5.74, 6) is -3.15. The van der Waals surface area contributed by atoms with E-state index in [0.717, 1.165) is 43.6 Å². The van der Waals surface area contributed by atoms with Crippen LogP contribution in [-0.2, 0) is 13.0 Å². The minimum Gasteiger partial charge on any atom is -0.300 e. The van der Waals surface area contributed by atoms with Crippen molar-refractivity contribution in [3.05, 3.63) is 29.1 Å². The van der Waals surface area contributed by atoms with E-state index >= 15 is 0 Å². The smallest absolute Gasteiger partial charge is 0.276 e. The normalized spacial score (nSPS) is 31.3. The first-order valence-corrected chi connectivity index (χ1v) is 9.02. The number of carbonyl (C=O) groups is 1.